The second kappa shape index (κ2) is 6.13. The number of carbonyl (C=O) groups excluding carboxylic acids is 1. The molecule has 130 valence electrons. The van der Waals surface area contributed by atoms with Crippen molar-refractivity contribution in [2.75, 3.05) is 13.6 Å². The molecule has 24 heavy (non-hydrogen) atoms. The van der Waals surface area contributed by atoms with Gasteiger partial charge in [-0.05, 0) is 38.6 Å². The number of esters is 1. The number of phenolic OH excluding ortho intramolecular Hbond substituents is 1. The Labute approximate surface area is 142 Å². The van der Waals surface area contributed by atoms with Crippen LogP contribution in [0.25, 0.3) is 0 Å². The summed E-state index contributed by atoms with van der Waals surface area (Å²) in [5.74, 6) is 0.421. The van der Waals surface area contributed by atoms with Crippen molar-refractivity contribution < 1.29 is 19.4 Å². The Morgan fingerprint density at radius 1 is 1.62 bits per heavy atom. The third-order valence-corrected chi connectivity index (χ3v) is 5.15. The van der Waals surface area contributed by atoms with E-state index in [1.165, 1.54) is 6.92 Å². The Morgan fingerprint density at radius 2 is 2.38 bits per heavy atom. The fraction of sp³-hybridized carbons (Fsp3) is 0.526. The summed E-state index contributed by atoms with van der Waals surface area (Å²) in [6, 6.07) is 3.66. The zero-order valence-corrected chi connectivity index (χ0v) is 14.5. The van der Waals surface area contributed by atoms with Crippen LogP contribution in [0, 0.1) is 0 Å². The fourth-order valence-corrected chi connectivity index (χ4v) is 4.04. The average molecular weight is 331 g/mol. The fourth-order valence-electron chi connectivity index (χ4n) is 4.04. The highest BCUT2D eigenvalue weighted by atomic mass is 16.5. The van der Waals surface area contributed by atoms with E-state index in [1.807, 2.05) is 19.1 Å². The standard InChI is InChI=1S/C19H25NO4/c1-5-19-8-9-20(4)11-14-6-7-15(22)18(17(14)19)24-16(19)10-12(2)23-13(3)21/h5-7,12,16,22H,1,8-11H2,2-4H3/t12-,16-,19-/m0/s1. The molecule has 5 heteroatoms. The summed E-state index contributed by atoms with van der Waals surface area (Å²) in [6.45, 7) is 9.09. The second-order valence-corrected chi connectivity index (χ2v) is 6.94. The van der Waals surface area contributed by atoms with Crippen LogP contribution in [0.15, 0.2) is 24.8 Å². The maximum atomic E-state index is 11.2. The van der Waals surface area contributed by atoms with E-state index in [1.54, 1.807) is 6.07 Å². The van der Waals surface area contributed by atoms with Crippen molar-refractivity contribution in [1.82, 2.24) is 4.90 Å². The second-order valence-electron chi connectivity index (χ2n) is 6.94. The van der Waals surface area contributed by atoms with Crippen molar-refractivity contribution in [2.45, 2.75) is 50.9 Å². The first kappa shape index (κ1) is 16.8. The van der Waals surface area contributed by atoms with Crippen LogP contribution in [0.2, 0.25) is 0 Å². The lowest BCUT2D eigenvalue weighted by atomic mass is 9.72. The molecule has 3 atom stereocenters. The van der Waals surface area contributed by atoms with Crippen molar-refractivity contribution in [2.24, 2.45) is 0 Å². The summed E-state index contributed by atoms with van der Waals surface area (Å²) in [5, 5.41) is 10.3. The molecule has 0 aromatic heterocycles. The highest BCUT2D eigenvalue weighted by Gasteiger charge is 2.50. The monoisotopic (exact) mass is 331 g/mol. The number of aromatic hydroxyl groups is 1. The molecule has 0 bridgehead atoms. The van der Waals surface area contributed by atoms with Gasteiger partial charge in [0.25, 0.3) is 0 Å². The molecule has 3 rings (SSSR count). The molecular weight excluding hydrogens is 306 g/mol. The molecule has 0 saturated heterocycles. The van der Waals surface area contributed by atoms with E-state index in [0.29, 0.717) is 12.2 Å². The topological polar surface area (TPSA) is 59.0 Å². The van der Waals surface area contributed by atoms with Gasteiger partial charge in [-0.15, -0.1) is 6.58 Å². The van der Waals surface area contributed by atoms with Crippen molar-refractivity contribution in [3.05, 3.63) is 35.9 Å². The number of benzene rings is 1. The van der Waals surface area contributed by atoms with Crippen LogP contribution in [0.5, 0.6) is 11.5 Å². The molecule has 0 aliphatic carbocycles. The number of hydrogen-bond donors (Lipinski definition) is 1. The maximum absolute atomic E-state index is 11.2. The first-order chi connectivity index (χ1) is 11.4. The molecular formula is C19H25NO4. The smallest absolute Gasteiger partial charge is 0.302 e. The van der Waals surface area contributed by atoms with Crippen molar-refractivity contribution in [1.29, 1.82) is 0 Å². The van der Waals surface area contributed by atoms with Crippen LogP contribution in [0.3, 0.4) is 0 Å². The maximum Gasteiger partial charge on any atom is 0.302 e. The molecule has 0 amide bonds. The first-order valence-electron chi connectivity index (χ1n) is 8.38. The number of phenols is 1. The normalized spacial score (nSPS) is 26.9. The van der Waals surface area contributed by atoms with Gasteiger partial charge >= 0.3 is 5.97 Å². The van der Waals surface area contributed by atoms with Gasteiger partial charge in [-0.1, -0.05) is 12.1 Å². The van der Waals surface area contributed by atoms with Crippen LogP contribution in [0.4, 0.5) is 0 Å². The zero-order chi connectivity index (χ0) is 17.5. The Bertz CT molecular complexity index is 672. The van der Waals surface area contributed by atoms with E-state index in [9.17, 15) is 9.90 Å². The molecule has 2 aliphatic heterocycles. The number of rotatable bonds is 4. The lowest BCUT2D eigenvalue weighted by Crippen LogP contribution is -2.40. The molecule has 0 unspecified atom stereocenters. The molecule has 2 heterocycles. The summed E-state index contributed by atoms with van der Waals surface area (Å²) in [7, 11) is 2.09. The lowest BCUT2D eigenvalue weighted by molar-refractivity contribution is -0.146. The molecule has 5 nitrogen and oxygen atoms in total. The molecule has 0 saturated carbocycles. The zero-order valence-electron chi connectivity index (χ0n) is 14.5. The minimum absolute atomic E-state index is 0.159. The molecule has 1 aromatic rings. The Morgan fingerprint density at radius 3 is 3.04 bits per heavy atom. The summed E-state index contributed by atoms with van der Waals surface area (Å²) in [4.78, 5) is 13.5. The highest BCUT2D eigenvalue weighted by molar-refractivity contribution is 5.66. The molecule has 0 radical (unpaired) electrons. The van der Waals surface area contributed by atoms with Gasteiger partial charge in [0, 0.05) is 25.5 Å². The number of hydrogen-bond acceptors (Lipinski definition) is 5. The predicted octanol–water partition coefficient (Wildman–Crippen LogP) is 2.75. The lowest BCUT2D eigenvalue weighted by Gasteiger charge is -2.32. The predicted molar refractivity (Wildman–Crippen MR) is 91.2 cm³/mol. The largest absolute Gasteiger partial charge is 0.504 e. The van der Waals surface area contributed by atoms with Crippen LogP contribution < -0.4 is 4.74 Å². The molecule has 1 N–H and O–H groups in total. The van der Waals surface area contributed by atoms with Crippen LogP contribution in [-0.2, 0) is 21.5 Å². The van der Waals surface area contributed by atoms with E-state index in [2.05, 4.69) is 18.5 Å². The minimum Gasteiger partial charge on any atom is -0.504 e. The third kappa shape index (κ3) is 2.67. The van der Waals surface area contributed by atoms with E-state index in [0.717, 1.165) is 30.6 Å². The molecule has 2 aliphatic rings. The van der Waals surface area contributed by atoms with Gasteiger partial charge in [0.1, 0.15) is 12.2 Å². The molecule has 0 spiro atoms. The van der Waals surface area contributed by atoms with Crippen molar-refractivity contribution in [3.8, 4) is 11.5 Å². The van der Waals surface area contributed by atoms with Gasteiger partial charge in [-0.2, -0.15) is 0 Å². The third-order valence-electron chi connectivity index (χ3n) is 5.15. The van der Waals surface area contributed by atoms with E-state index in [-0.39, 0.29) is 29.3 Å². The van der Waals surface area contributed by atoms with E-state index < -0.39 is 0 Å². The van der Waals surface area contributed by atoms with Gasteiger partial charge in [0.05, 0.1) is 5.41 Å². The SMILES string of the molecule is C=C[C@@]12CCN(C)Cc3ccc(O)c(c31)O[C@H]2C[C@H](C)OC(C)=O. The summed E-state index contributed by atoms with van der Waals surface area (Å²) < 4.78 is 11.5. The van der Waals surface area contributed by atoms with Crippen molar-refractivity contribution >= 4 is 5.97 Å². The Balaban J connectivity index is 2.03. The van der Waals surface area contributed by atoms with Gasteiger partial charge in [0.15, 0.2) is 11.5 Å². The van der Waals surface area contributed by atoms with E-state index >= 15 is 0 Å². The van der Waals surface area contributed by atoms with Gasteiger partial charge in [-0.3, -0.25) is 4.79 Å². The summed E-state index contributed by atoms with van der Waals surface area (Å²) in [6.07, 6.45) is 2.89. The number of nitrogens with zero attached hydrogens (tertiary/aromatic N) is 1. The average Bonchev–Trinajstić information content (AvgIpc) is 2.74. The van der Waals surface area contributed by atoms with Gasteiger partial charge in [0.2, 0.25) is 0 Å². The Hall–Kier alpha value is -2.01. The molecule has 1 aromatic carbocycles. The Kier molecular flexibility index (Phi) is 4.30. The van der Waals surface area contributed by atoms with Crippen LogP contribution in [0.1, 0.15) is 37.8 Å². The van der Waals surface area contributed by atoms with Crippen LogP contribution >= 0.6 is 0 Å². The number of carbonyl (C=O) groups is 1. The van der Waals surface area contributed by atoms with Crippen molar-refractivity contribution in [3.63, 3.8) is 0 Å². The van der Waals surface area contributed by atoms with E-state index in [4.69, 9.17) is 9.47 Å². The summed E-state index contributed by atoms with van der Waals surface area (Å²) >= 11 is 0. The highest BCUT2D eigenvalue weighted by Crippen LogP contribution is 2.54. The van der Waals surface area contributed by atoms with Gasteiger partial charge in [-0.25, -0.2) is 0 Å². The molecule has 0 fully saturated rings. The number of ether oxygens (including phenoxy) is 2. The first-order valence-corrected chi connectivity index (χ1v) is 8.38. The summed E-state index contributed by atoms with van der Waals surface area (Å²) in [5.41, 5.74) is 1.83. The quantitative estimate of drug-likeness (QED) is 0.679. The van der Waals surface area contributed by atoms with Gasteiger partial charge < -0.3 is 19.5 Å². The minimum atomic E-state index is -0.372. The van der Waals surface area contributed by atoms with Crippen LogP contribution in [-0.4, -0.2) is 41.8 Å².